The summed E-state index contributed by atoms with van der Waals surface area (Å²) in [5.41, 5.74) is 5.91. The SMILES string of the molecule is CN(CCN1CCNC1=O)C1CCC(N)CC1. The molecule has 3 N–H and O–H groups in total. The topological polar surface area (TPSA) is 61.6 Å². The Morgan fingerprint density at radius 3 is 2.71 bits per heavy atom. The summed E-state index contributed by atoms with van der Waals surface area (Å²) in [6.07, 6.45) is 4.67. The molecule has 0 aromatic carbocycles. The monoisotopic (exact) mass is 240 g/mol. The van der Waals surface area contributed by atoms with Gasteiger partial charge in [0.05, 0.1) is 0 Å². The molecule has 2 rings (SSSR count). The van der Waals surface area contributed by atoms with Crippen LogP contribution < -0.4 is 11.1 Å². The fourth-order valence-electron chi connectivity index (χ4n) is 2.73. The highest BCUT2D eigenvalue weighted by molar-refractivity contribution is 5.76. The van der Waals surface area contributed by atoms with Crippen LogP contribution in [0.15, 0.2) is 0 Å². The molecule has 0 aromatic rings. The summed E-state index contributed by atoms with van der Waals surface area (Å²) in [7, 11) is 2.16. The maximum atomic E-state index is 11.4. The van der Waals surface area contributed by atoms with Gasteiger partial charge in [-0.1, -0.05) is 0 Å². The normalized spacial score (nSPS) is 29.8. The van der Waals surface area contributed by atoms with Crippen LogP contribution in [0.4, 0.5) is 4.79 Å². The molecule has 0 spiro atoms. The van der Waals surface area contributed by atoms with Crippen molar-refractivity contribution in [1.29, 1.82) is 0 Å². The van der Waals surface area contributed by atoms with Crippen LogP contribution in [0.2, 0.25) is 0 Å². The van der Waals surface area contributed by atoms with Gasteiger partial charge in [-0.2, -0.15) is 0 Å². The highest BCUT2D eigenvalue weighted by atomic mass is 16.2. The van der Waals surface area contributed by atoms with Crippen LogP contribution in [0.5, 0.6) is 0 Å². The lowest BCUT2D eigenvalue weighted by atomic mass is 9.91. The van der Waals surface area contributed by atoms with Crippen molar-refractivity contribution >= 4 is 6.03 Å². The van der Waals surface area contributed by atoms with E-state index >= 15 is 0 Å². The predicted octanol–water partition coefficient (Wildman–Crippen LogP) is 0.213. The number of carbonyl (C=O) groups excluding carboxylic acids is 1. The number of nitrogens with one attached hydrogen (secondary N) is 1. The van der Waals surface area contributed by atoms with E-state index in [1.165, 1.54) is 12.8 Å². The first-order valence-corrected chi connectivity index (χ1v) is 6.65. The number of carbonyl (C=O) groups is 1. The molecule has 17 heavy (non-hydrogen) atoms. The van der Waals surface area contributed by atoms with E-state index in [1.54, 1.807) is 0 Å². The molecular formula is C12H24N4O. The van der Waals surface area contributed by atoms with Crippen molar-refractivity contribution in [3.8, 4) is 0 Å². The third-order valence-electron chi connectivity index (χ3n) is 4.03. The van der Waals surface area contributed by atoms with Gasteiger partial charge in [0, 0.05) is 38.3 Å². The molecule has 2 aliphatic rings. The number of hydrogen-bond donors (Lipinski definition) is 2. The van der Waals surface area contributed by atoms with Crippen LogP contribution in [0, 0.1) is 0 Å². The van der Waals surface area contributed by atoms with Crippen LogP contribution in [-0.2, 0) is 0 Å². The summed E-state index contributed by atoms with van der Waals surface area (Å²) in [6, 6.07) is 1.15. The van der Waals surface area contributed by atoms with E-state index in [1.807, 2.05) is 4.90 Å². The molecule has 1 heterocycles. The van der Waals surface area contributed by atoms with Gasteiger partial charge in [0.1, 0.15) is 0 Å². The van der Waals surface area contributed by atoms with E-state index in [4.69, 9.17) is 5.73 Å². The predicted molar refractivity (Wildman–Crippen MR) is 67.8 cm³/mol. The summed E-state index contributed by atoms with van der Waals surface area (Å²) < 4.78 is 0. The largest absolute Gasteiger partial charge is 0.336 e. The van der Waals surface area contributed by atoms with Crippen molar-refractivity contribution in [2.24, 2.45) is 5.73 Å². The van der Waals surface area contributed by atoms with Crippen LogP contribution in [0.3, 0.4) is 0 Å². The number of hydrogen-bond acceptors (Lipinski definition) is 3. The Bertz CT molecular complexity index is 263. The number of rotatable bonds is 4. The Kier molecular flexibility index (Phi) is 4.23. The number of nitrogens with zero attached hydrogens (tertiary/aromatic N) is 2. The van der Waals surface area contributed by atoms with Gasteiger partial charge in [0.25, 0.3) is 0 Å². The highest BCUT2D eigenvalue weighted by Gasteiger charge is 2.24. The third-order valence-corrected chi connectivity index (χ3v) is 4.03. The molecular weight excluding hydrogens is 216 g/mol. The van der Waals surface area contributed by atoms with Crippen LogP contribution in [-0.4, -0.2) is 61.1 Å². The highest BCUT2D eigenvalue weighted by Crippen LogP contribution is 2.20. The van der Waals surface area contributed by atoms with E-state index in [-0.39, 0.29) is 6.03 Å². The number of likely N-dealkylation sites (N-methyl/N-ethyl adjacent to an activating group) is 1. The fourth-order valence-corrected chi connectivity index (χ4v) is 2.73. The summed E-state index contributed by atoms with van der Waals surface area (Å²) in [5.74, 6) is 0. The molecule has 98 valence electrons. The molecule has 1 saturated carbocycles. The summed E-state index contributed by atoms with van der Waals surface area (Å²) in [5, 5.41) is 2.83. The molecule has 0 atom stereocenters. The molecule has 1 aliphatic heterocycles. The lowest BCUT2D eigenvalue weighted by Crippen LogP contribution is -2.42. The van der Waals surface area contributed by atoms with Crippen LogP contribution >= 0.6 is 0 Å². The van der Waals surface area contributed by atoms with Gasteiger partial charge in [0.2, 0.25) is 0 Å². The maximum absolute atomic E-state index is 11.4. The van der Waals surface area contributed by atoms with Gasteiger partial charge in [-0.15, -0.1) is 0 Å². The Morgan fingerprint density at radius 1 is 1.41 bits per heavy atom. The number of nitrogens with two attached hydrogens (primary N) is 1. The Labute approximate surface area is 103 Å². The van der Waals surface area contributed by atoms with Gasteiger partial charge in [-0.3, -0.25) is 0 Å². The lowest BCUT2D eigenvalue weighted by molar-refractivity contribution is 0.164. The zero-order valence-corrected chi connectivity index (χ0v) is 10.7. The molecule has 0 aromatic heterocycles. The Morgan fingerprint density at radius 2 is 2.12 bits per heavy atom. The number of urea groups is 1. The first-order chi connectivity index (χ1) is 8.16. The molecule has 1 aliphatic carbocycles. The van der Waals surface area contributed by atoms with Crippen molar-refractivity contribution in [3.63, 3.8) is 0 Å². The third kappa shape index (κ3) is 3.33. The minimum Gasteiger partial charge on any atom is -0.336 e. The van der Waals surface area contributed by atoms with Gasteiger partial charge < -0.3 is 20.9 Å². The smallest absolute Gasteiger partial charge is 0.317 e. The van der Waals surface area contributed by atoms with Gasteiger partial charge in [0.15, 0.2) is 0 Å². The summed E-state index contributed by atoms with van der Waals surface area (Å²) >= 11 is 0. The standard InChI is InChI=1S/C12H24N4O/c1-15(11-4-2-10(13)3-5-11)8-9-16-7-6-14-12(16)17/h10-11H,2-9,13H2,1H3,(H,14,17). The second-order valence-electron chi connectivity index (χ2n) is 5.27. The van der Waals surface area contributed by atoms with Crippen LogP contribution in [0.1, 0.15) is 25.7 Å². The molecule has 0 radical (unpaired) electrons. The van der Waals surface area contributed by atoms with Gasteiger partial charge in [-0.25, -0.2) is 4.79 Å². The van der Waals surface area contributed by atoms with E-state index in [0.29, 0.717) is 12.1 Å². The second kappa shape index (κ2) is 5.69. The molecule has 1 saturated heterocycles. The molecule has 2 amide bonds. The van der Waals surface area contributed by atoms with E-state index in [2.05, 4.69) is 17.3 Å². The minimum atomic E-state index is 0.0871. The average molecular weight is 240 g/mol. The Hall–Kier alpha value is -0.810. The number of amides is 2. The van der Waals surface area contributed by atoms with Gasteiger partial charge >= 0.3 is 6.03 Å². The molecule has 0 unspecified atom stereocenters. The minimum absolute atomic E-state index is 0.0871. The van der Waals surface area contributed by atoms with Crippen molar-refractivity contribution in [2.75, 3.05) is 33.2 Å². The van der Waals surface area contributed by atoms with E-state index < -0.39 is 0 Å². The molecule has 5 nitrogen and oxygen atoms in total. The first-order valence-electron chi connectivity index (χ1n) is 6.65. The molecule has 5 heteroatoms. The van der Waals surface area contributed by atoms with Crippen molar-refractivity contribution in [3.05, 3.63) is 0 Å². The summed E-state index contributed by atoms with van der Waals surface area (Å²) in [6.45, 7) is 3.45. The van der Waals surface area contributed by atoms with E-state index in [0.717, 1.165) is 39.0 Å². The average Bonchev–Trinajstić information content (AvgIpc) is 2.73. The molecule has 2 fully saturated rings. The zero-order valence-electron chi connectivity index (χ0n) is 10.7. The Balaban J connectivity index is 1.69. The van der Waals surface area contributed by atoms with Crippen molar-refractivity contribution in [2.45, 2.75) is 37.8 Å². The van der Waals surface area contributed by atoms with E-state index in [9.17, 15) is 4.79 Å². The lowest BCUT2D eigenvalue weighted by Gasteiger charge is -2.34. The summed E-state index contributed by atoms with van der Waals surface area (Å²) in [4.78, 5) is 15.7. The van der Waals surface area contributed by atoms with Gasteiger partial charge in [-0.05, 0) is 32.7 Å². The van der Waals surface area contributed by atoms with Crippen LogP contribution in [0.25, 0.3) is 0 Å². The first kappa shape index (κ1) is 12.6. The quantitative estimate of drug-likeness (QED) is 0.738. The molecule has 0 bridgehead atoms. The maximum Gasteiger partial charge on any atom is 0.317 e. The van der Waals surface area contributed by atoms with Crippen molar-refractivity contribution in [1.82, 2.24) is 15.1 Å². The second-order valence-corrected chi connectivity index (χ2v) is 5.27. The zero-order chi connectivity index (χ0) is 12.3. The fraction of sp³-hybridized carbons (Fsp3) is 0.917. The van der Waals surface area contributed by atoms with Crippen molar-refractivity contribution < 1.29 is 4.79 Å².